The number of halogens is 1. The zero-order chi connectivity index (χ0) is 15.3. The van der Waals surface area contributed by atoms with Gasteiger partial charge in [0.15, 0.2) is 0 Å². The van der Waals surface area contributed by atoms with Crippen LogP contribution in [0.15, 0.2) is 17.0 Å². The molecule has 0 aliphatic carbocycles. The average molecular weight is 303 g/mol. The number of nitrogens with one attached hydrogen (secondary N) is 2. The number of hydrogen-bond acceptors (Lipinski definition) is 4. The molecule has 0 fully saturated rings. The van der Waals surface area contributed by atoms with E-state index in [1.54, 1.807) is 11.6 Å². The molecule has 0 saturated carbocycles. The first-order valence-corrected chi connectivity index (χ1v) is 7.62. The maximum absolute atomic E-state index is 13.7. The molecule has 0 saturated heterocycles. The van der Waals surface area contributed by atoms with Crippen molar-refractivity contribution in [1.29, 1.82) is 0 Å². The zero-order valence-electron chi connectivity index (χ0n) is 11.4. The SMILES string of the molecule is CCCCNC(=O)NS(=O)(=O)c1cc(N)c(C)cc1F. The van der Waals surface area contributed by atoms with Crippen molar-refractivity contribution in [3.8, 4) is 0 Å². The largest absolute Gasteiger partial charge is 0.398 e. The number of carbonyl (C=O) groups is 1. The molecule has 0 spiro atoms. The molecule has 112 valence electrons. The Bertz CT molecular complexity index is 602. The maximum atomic E-state index is 13.7. The van der Waals surface area contributed by atoms with E-state index in [9.17, 15) is 17.6 Å². The molecular formula is C12H18FN3O3S. The monoisotopic (exact) mass is 303 g/mol. The van der Waals surface area contributed by atoms with Crippen molar-refractivity contribution in [1.82, 2.24) is 10.0 Å². The summed E-state index contributed by atoms with van der Waals surface area (Å²) < 4.78 is 39.2. The summed E-state index contributed by atoms with van der Waals surface area (Å²) in [6.07, 6.45) is 1.58. The second-order valence-electron chi connectivity index (χ2n) is 4.35. The Morgan fingerprint density at radius 3 is 2.65 bits per heavy atom. The van der Waals surface area contributed by atoms with Gasteiger partial charge in [0.05, 0.1) is 0 Å². The number of carbonyl (C=O) groups excluding carboxylic acids is 1. The van der Waals surface area contributed by atoms with Crippen LogP contribution in [0.2, 0.25) is 0 Å². The summed E-state index contributed by atoms with van der Waals surface area (Å²) in [4.78, 5) is 10.8. The summed E-state index contributed by atoms with van der Waals surface area (Å²) in [6.45, 7) is 3.83. The first kappa shape index (κ1) is 16.2. The predicted molar refractivity (Wildman–Crippen MR) is 74.2 cm³/mol. The van der Waals surface area contributed by atoms with Gasteiger partial charge in [0.2, 0.25) is 0 Å². The second kappa shape index (κ2) is 6.56. The van der Waals surface area contributed by atoms with Gasteiger partial charge in [0.1, 0.15) is 10.7 Å². The van der Waals surface area contributed by atoms with Gasteiger partial charge < -0.3 is 11.1 Å². The molecule has 1 aromatic carbocycles. The van der Waals surface area contributed by atoms with Crippen LogP contribution in [-0.2, 0) is 10.0 Å². The highest BCUT2D eigenvalue weighted by Crippen LogP contribution is 2.21. The van der Waals surface area contributed by atoms with Crippen LogP contribution in [0.4, 0.5) is 14.9 Å². The molecule has 0 heterocycles. The average Bonchev–Trinajstić information content (AvgIpc) is 2.33. The van der Waals surface area contributed by atoms with Gasteiger partial charge in [-0.2, -0.15) is 0 Å². The molecule has 8 heteroatoms. The summed E-state index contributed by atoms with van der Waals surface area (Å²) in [6, 6.07) is 1.11. The van der Waals surface area contributed by atoms with E-state index in [1.165, 1.54) is 0 Å². The number of anilines is 1. The number of hydrogen-bond donors (Lipinski definition) is 3. The highest BCUT2D eigenvalue weighted by molar-refractivity contribution is 7.90. The van der Waals surface area contributed by atoms with E-state index >= 15 is 0 Å². The Morgan fingerprint density at radius 1 is 1.40 bits per heavy atom. The van der Waals surface area contributed by atoms with E-state index < -0.39 is 26.8 Å². The lowest BCUT2D eigenvalue weighted by molar-refractivity contribution is 0.245. The van der Waals surface area contributed by atoms with Gasteiger partial charge in [-0.05, 0) is 31.0 Å². The van der Waals surface area contributed by atoms with Gasteiger partial charge in [-0.15, -0.1) is 0 Å². The number of nitrogens with two attached hydrogens (primary N) is 1. The molecule has 1 rings (SSSR count). The third-order valence-corrected chi connectivity index (χ3v) is 4.00. The zero-order valence-corrected chi connectivity index (χ0v) is 12.2. The Kier molecular flexibility index (Phi) is 5.32. The number of nitrogen functional groups attached to an aromatic ring is 1. The van der Waals surface area contributed by atoms with Crippen molar-refractivity contribution in [3.05, 3.63) is 23.5 Å². The number of rotatable bonds is 5. The molecule has 0 aliphatic rings. The van der Waals surface area contributed by atoms with Crippen LogP contribution < -0.4 is 15.8 Å². The minimum Gasteiger partial charge on any atom is -0.398 e. The van der Waals surface area contributed by atoms with E-state index in [1.807, 2.05) is 6.92 Å². The molecule has 0 bridgehead atoms. The number of amides is 2. The van der Waals surface area contributed by atoms with Crippen LogP contribution in [-0.4, -0.2) is 21.0 Å². The van der Waals surface area contributed by atoms with Gasteiger partial charge in [0.25, 0.3) is 10.0 Å². The van der Waals surface area contributed by atoms with Crippen molar-refractivity contribution in [3.63, 3.8) is 0 Å². The summed E-state index contributed by atoms with van der Waals surface area (Å²) in [5.41, 5.74) is 6.12. The first-order valence-electron chi connectivity index (χ1n) is 6.14. The smallest absolute Gasteiger partial charge is 0.328 e. The number of urea groups is 1. The topological polar surface area (TPSA) is 101 Å². The Hall–Kier alpha value is -1.83. The number of unbranched alkanes of at least 4 members (excludes halogenated alkanes) is 1. The van der Waals surface area contributed by atoms with Gasteiger partial charge in [-0.1, -0.05) is 13.3 Å². The Labute approximate surface area is 117 Å². The Balaban J connectivity index is 2.89. The van der Waals surface area contributed by atoms with Crippen molar-refractivity contribution < 1.29 is 17.6 Å². The predicted octanol–water partition coefficient (Wildman–Crippen LogP) is 1.50. The fourth-order valence-electron chi connectivity index (χ4n) is 1.47. The highest BCUT2D eigenvalue weighted by atomic mass is 32.2. The lowest BCUT2D eigenvalue weighted by Crippen LogP contribution is -2.40. The van der Waals surface area contributed by atoms with E-state index in [-0.39, 0.29) is 5.69 Å². The minimum atomic E-state index is -4.28. The molecule has 4 N–H and O–H groups in total. The molecule has 0 aliphatic heterocycles. The third kappa shape index (κ3) is 4.09. The number of aryl methyl sites for hydroxylation is 1. The molecule has 0 atom stereocenters. The summed E-state index contributed by atoms with van der Waals surface area (Å²) >= 11 is 0. The molecule has 0 aromatic heterocycles. The second-order valence-corrected chi connectivity index (χ2v) is 6.00. The van der Waals surface area contributed by atoms with Gasteiger partial charge in [-0.3, -0.25) is 0 Å². The number of sulfonamides is 1. The minimum absolute atomic E-state index is 0.137. The van der Waals surface area contributed by atoms with Crippen LogP contribution in [0.3, 0.4) is 0 Å². The standard InChI is InChI=1S/C12H18FN3O3S/c1-3-4-5-15-12(17)16-20(18,19)11-7-10(14)8(2)6-9(11)13/h6-7H,3-5,14H2,1-2H3,(H2,15,16,17). The van der Waals surface area contributed by atoms with E-state index in [0.717, 1.165) is 25.0 Å². The molecular weight excluding hydrogens is 285 g/mol. The van der Waals surface area contributed by atoms with Crippen LogP contribution in [0.5, 0.6) is 0 Å². The van der Waals surface area contributed by atoms with Crippen molar-refractivity contribution in [2.45, 2.75) is 31.6 Å². The van der Waals surface area contributed by atoms with Gasteiger partial charge >= 0.3 is 6.03 Å². The van der Waals surface area contributed by atoms with Crippen molar-refractivity contribution in [2.75, 3.05) is 12.3 Å². The van der Waals surface area contributed by atoms with Crippen molar-refractivity contribution in [2.24, 2.45) is 0 Å². The van der Waals surface area contributed by atoms with Crippen LogP contribution in [0.25, 0.3) is 0 Å². The summed E-state index contributed by atoms with van der Waals surface area (Å²) in [5.74, 6) is -0.953. The van der Waals surface area contributed by atoms with E-state index in [0.29, 0.717) is 12.1 Å². The van der Waals surface area contributed by atoms with Crippen molar-refractivity contribution >= 4 is 21.7 Å². The van der Waals surface area contributed by atoms with Gasteiger partial charge in [-0.25, -0.2) is 22.3 Å². The molecule has 20 heavy (non-hydrogen) atoms. The number of benzene rings is 1. The lowest BCUT2D eigenvalue weighted by atomic mass is 10.2. The fourth-order valence-corrected chi connectivity index (χ4v) is 2.49. The first-order chi connectivity index (χ1) is 9.27. The van der Waals surface area contributed by atoms with E-state index in [4.69, 9.17) is 5.73 Å². The quantitative estimate of drug-likeness (QED) is 0.567. The molecule has 0 radical (unpaired) electrons. The lowest BCUT2D eigenvalue weighted by Gasteiger charge is -2.10. The maximum Gasteiger partial charge on any atom is 0.328 e. The van der Waals surface area contributed by atoms with Crippen LogP contribution in [0, 0.1) is 12.7 Å². The highest BCUT2D eigenvalue weighted by Gasteiger charge is 2.22. The normalized spacial score (nSPS) is 11.2. The summed E-state index contributed by atoms with van der Waals surface area (Å²) in [7, 11) is -4.28. The summed E-state index contributed by atoms with van der Waals surface area (Å²) in [5, 5.41) is 2.37. The van der Waals surface area contributed by atoms with Crippen LogP contribution >= 0.6 is 0 Å². The molecule has 2 amide bonds. The fraction of sp³-hybridized carbons (Fsp3) is 0.417. The van der Waals surface area contributed by atoms with Crippen LogP contribution in [0.1, 0.15) is 25.3 Å². The molecule has 0 unspecified atom stereocenters. The molecule has 6 nitrogen and oxygen atoms in total. The third-order valence-electron chi connectivity index (χ3n) is 2.65. The molecule has 1 aromatic rings. The van der Waals surface area contributed by atoms with E-state index in [2.05, 4.69) is 5.32 Å². The van der Waals surface area contributed by atoms with Gasteiger partial charge in [0, 0.05) is 12.2 Å². The Morgan fingerprint density at radius 2 is 2.05 bits per heavy atom.